The number of allylic oxidation sites excluding steroid dienone is 2. The van der Waals surface area contributed by atoms with Crippen LogP contribution < -0.4 is 0 Å². The van der Waals surface area contributed by atoms with Gasteiger partial charge >= 0.3 is 16.5 Å². The van der Waals surface area contributed by atoms with Crippen LogP contribution in [0.4, 0.5) is 0 Å². The van der Waals surface area contributed by atoms with Crippen LogP contribution in [0.5, 0.6) is 0 Å². The zero-order valence-electron chi connectivity index (χ0n) is 52.6. The molecule has 0 N–H and O–H groups in total. The molecule has 0 spiro atoms. The van der Waals surface area contributed by atoms with Crippen LogP contribution in [0, 0.1) is 13.8 Å². The molecule has 0 aromatic heterocycles. The predicted molar refractivity (Wildman–Crippen MR) is 344 cm³/mol. The molecule has 0 amide bonds. The number of unbranched alkanes of at least 4 members (excludes halogenated alkanes) is 40. The largest absolute Gasteiger partial charge is 2.00 e. The van der Waals surface area contributed by atoms with Crippen molar-refractivity contribution < 1.29 is 21.2 Å². The number of hydrogen-bond donors (Lipinski definition) is 0. The summed E-state index contributed by atoms with van der Waals surface area (Å²) in [6, 6.07) is 18.0. The van der Waals surface area contributed by atoms with E-state index in [1.165, 1.54) is 292 Å². The molecule has 1 heterocycles. The molecule has 2 aromatic rings. The van der Waals surface area contributed by atoms with E-state index in [0.29, 0.717) is 0 Å². The minimum absolute atomic E-state index is 0. The van der Waals surface area contributed by atoms with Gasteiger partial charge in [0.1, 0.15) is 0 Å². The Morgan fingerprint density at radius 3 is 0.961 bits per heavy atom. The Bertz CT molecular complexity index is 1570. The Hall–Kier alpha value is -1.99. The minimum Gasteiger partial charge on any atom is -0.493 e. The van der Waals surface area contributed by atoms with E-state index in [1.54, 1.807) is 4.70 Å². The van der Waals surface area contributed by atoms with E-state index in [2.05, 4.69) is 104 Å². The van der Waals surface area contributed by atoms with Crippen molar-refractivity contribution in [2.45, 2.75) is 363 Å². The van der Waals surface area contributed by atoms with Crippen molar-refractivity contribution in [3.63, 3.8) is 0 Å². The van der Waals surface area contributed by atoms with Gasteiger partial charge in [-0.1, -0.05) is 323 Å². The molecule has 77 heavy (non-hydrogen) atoms. The average molecular weight is 1110 g/mol. The van der Waals surface area contributed by atoms with E-state index < -0.39 is 0 Å². The molecule has 2 nitrogen and oxygen atoms in total. The Kier molecular flexibility index (Phi) is 55.8. The fraction of sp³-hybridized carbons (Fsp3) is 0.757. The first-order valence-corrected chi connectivity index (χ1v) is 34.2. The van der Waals surface area contributed by atoms with Crippen molar-refractivity contribution >= 4 is 11.4 Å². The molecule has 0 bridgehead atoms. The van der Waals surface area contributed by atoms with Gasteiger partial charge in [-0.3, -0.25) is 0 Å². The molecule has 1 aliphatic heterocycles. The van der Waals surface area contributed by atoms with Crippen LogP contribution in [0.25, 0.3) is 16.9 Å². The van der Waals surface area contributed by atoms with Gasteiger partial charge in [0.25, 0.3) is 0 Å². The van der Waals surface area contributed by atoms with Gasteiger partial charge in [0.05, 0.1) is 0 Å². The van der Waals surface area contributed by atoms with Crippen LogP contribution in [0.15, 0.2) is 59.7 Å². The molecular formula is C74H130N2Ni. The van der Waals surface area contributed by atoms with Gasteiger partial charge in [-0.2, -0.15) is 12.8 Å². The topological polar surface area (TPSA) is 25.3 Å². The Balaban J connectivity index is 0.00000130. The van der Waals surface area contributed by atoms with Gasteiger partial charge in [0.15, 0.2) is 0 Å². The quantitative estimate of drug-likeness (QED) is 0.0273. The maximum absolute atomic E-state index is 11.9. The van der Waals surface area contributed by atoms with Gasteiger partial charge in [0, 0.05) is 22.3 Å². The number of benzene rings is 2. The molecule has 0 unspecified atom stereocenters. The number of nitrogens with zero attached hydrogens (tertiary/aromatic N) is 2. The van der Waals surface area contributed by atoms with Crippen LogP contribution in [-0.4, -0.2) is 4.70 Å². The van der Waals surface area contributed by atoms with Crippen molar-refractivity contribution in [2.24, 2.45) is 0 Å². The molecule has 0 aliphatic carbocycles. The first-order chi connectivity index (χ1) is 37.5. The fourth-order valence-electron chi connectivity index (χ4n) is 11.2. The van der Waals surface area contributed by atoms with Crippen molar-refractivity contribution in [3.8, 4) is 0 Å². The third-order valence-electron chi connectivity index (χ3n) is 16.2. The second-order valence-corrected chi connectivity index (χ2v) is 23.5. The van der Waals surface area contributed by atoms with Crippen LogP contribution in [0.2, 0.25) is 0 Å². The zero-order valence-corrected chi connectivity index (χ0v) is 53.6. The molecule has 3 rings (SSSR count). The van der Waals surface area contributed by atoms with Crippen molar-refractivity contribution in [1.29, 1.82) is 0 Å². The summed E-state index contributed by atoms with van der Waals surface area (Å²) in [7, 11) is 0. The molecule has 0 saturated carbocycles. The van der Waals surface area contributed by atoms with E-state index in [1.807, 2.05) is 0 Å². The molecule has 2 aromatic carbocycles. The molecule has 446 valence electrons. The molecule has 1 aliphatic rings. The standard InChI is InChI=1S/C38H56N2.2C18H37.Ni/c1-5-9-13-15-16-18-25-36-35(24-12-8-4)38(34-23-19-22-32(30-34)21-17-14-10-6-2)40(39)37(36)33-28-26-31(27-29-33)20-11-7-3;2*1-3-5-7-9-11-13-15-17-18-16-14-12-10-8-6-4-2;/h19,22-23,26-30H,5-18,20-21,24-25H2,1-4H3;2*1,3-18H2,2H3;/q;2*-1;+2. The Morgan fingerprint density at radius 1 is 0.299 bits per heavy atom. The maximum Gasteiger partial charge on any atom is 2.00 e. The second kappa shape index (κ2) is 57.3. The molecule has 0 fully saturated rings. The van der Waals surface area contributed by atoms with Crippen molar-refractivity contribution in [1.82, 2.24) is 0 Å². The van der Waals surface area contributed by atoms with E-state index in [-0.39, 0.29) is 16.5 Å². The average Bonchev–Trinajstić information content (AvgIpc) is 3.72. The normalized spacial score (nSPS) is 12.2. The van der Waals surface area contributed by atoms with E-state index in [0.717, 1.165) is 73.9 Å². The van der Waals surface area contributed by atoms with E-state index >= 15 is 0 Å². The third-order valence-corrected chi connectivity index (χ3v) is 16.2. The van der Waals surface area contributed by atoms with Gasteiger partial charge in [-0.05, 0) is 86.8 Å². The van der Waals surface area contributed by atoms with Gasteiger partial charge < -0.3 is 19.4 Å². The number of aryl methyl sites for hydroxylation is 2. The summed E-state index contributed by atoms with van der Waals surface area (Å²) in [5.74, 6) is 0. The molecule has 3 heteroatoms. The zero-order chi connectivity index (χ0) is 55.2. The maximum atomic E-state index is 11.9. The summed E-state index contributed by atoms with van der Waals surface area (Å²) >= 11 is 0. The Morgan fingerprint density at radius 2 is 0.584 bits per heavy atom. The number of rotatable bonds is 50. The van der Waals surface area contributed by atoms with E-state index in [9.17, 15) is 5.53 Å². The Labute approximate surface area is 493 Å². The smallest absolute Gasteiger partial charge is 0.493 e. The summed E-state index contributed by atoms with van der Waals surface area (Å²) < 4.78 is 1.56. The van der Waals surface area contributed by atoms with Crippen molar-refractivity contribution in [2.75, 3.05) is 0 Å². The second-order valence-electron chi connectivity index (χ2n) is 23.5. The monoisotopic (exact) mass is 1100 g/mol. The summed E-state index contributed by atoms with van der Waals surface area (Å²) in [5, 5.41) is 0. The van der Waals surface area contributed by atoms with Crippen LogP contribution in [-0.2, 0) is 29.3 Å². The molecule has 0 radical (unpaired) electrons. The molecule has 0 saturated heterocycles. The summed E-state index contributed by atoms with van der Waals surface area (Å²) in [6.45, 7) is 21.4. The summed E-state index contributed by atoms with van der Waals surface area (Å²) in [4.78, 5) is 0. The van der Waals surface area contributed by atoms with E-state index in [4.69, 9.17) is 0 Å². The first-order valence-electron chi connectivity index (χ1n) is 34.2. The van der Waals surface area contributed by atoms with Crippen LogP contribution in [0.3, 0.4) is 0 Å². The first kappa shape index (κ1) is 75.0. The molecular weight excluding hydrogens is 976 g/mol. The minimum atomic E-state index is 0. The van der Waals surface area contributed by atoms with Crippen LogP contribution in [0.1, 0.15) is 372 Å². The van der Waals surface area contributed by atoms with Crippen molar-refractivity contribution in [3.05, 3.63) is 101 Å². The van der Waals surface area contributed by atoms with Crippen LogP contribution >= 0.6 is 0 Å². The van der Waals surface area contributed by atoms with Gasteiger partial charge in [-0.15, -0.1) is 0 Å². The summed E-state index contributed by atoms with van der Waals surface area (Å²) in [6.07, 6.45) is 67.5. The van der Waals surface area contributed by atoms with Gasteiger partial charge in [-0.25, -0.2) is 4.70 Å². The predicted octanol–water partition coefficient (Wildman–Crippen LogP) is 26.4. The van der Waals surface area contributed by atoms with Gasteiger partial charge in [0.2, 0.25) is 11.4 Å². The SMILES string of the molecule is CCCCCCCCC1=C(c2ccc(CCCC)cc2)[N+](=[N-])C(c2cccc(CCCCCC)c2)=C1CCCC.[CH2-]CCCCCCCCCCCCCCCCC.[CH2-]CCCCCCCCCCCCCCCCC.[Ni+2]. The third kappa shape index (κ3) is 40.0. The molecule has 0 atom stereocenters. The summed E-state index contributed by atoms with van der Waals surface area (Å²) in [5.41, 5.74) is 21.8. The fourth-order valence-corrected chi connectivity index (χ4v) is 11.2. The number of hydrogen-bond acceptors (Lipinski definition) is 0.